The summed E-state index contributed by atoms with van der Waals surface area (Å²) in [5, 5.41) is 0. The highest BCUT2D eigenvalue weighted by atomic mass is 19.1. The van der Waals surface area contributed by atoms with Crippen LogP contribution in [-0.4, -0.2) is 41.5 Å². The van der Waals surface area contributed by atoms with Crippen LogP contribution in [0.3, 0.4) is 0 Å². The molecule has 2 amide bonds. The molecule has 0 aromatic carbocycles. The van der Waals surface area contributed by atoms with Crippen LogP contribution in [0, 0.1) is 0 Å². The fourth-order valence-corrected chi connectivity index (χ4v) is 1.46. The van der Waals surface area contributed by atoms with Crippen LogP contribution >= 0.6 is 0 Å². The molecule has 0 aromatic heterocycles. The molecule has 0 aliphatic carbocycles. The average Bonchev–Trinajstić information content (AvgIpc) is 2.28. The van der Waals surface area contributed by atoms with Crippen LogP contribution in [-0.2, 0) is 9.47 Å². The minimum absolute atomic E-state index is 0.0518. The molecule has 0 saturated carbocycles. The van der Waals surface area contributed by atoms with E-state index in [1.54, 1.807) is 41.5 Å². The molecule has 0 aliphatic rings. The van der Waals surface area contributed by atoms with E-state index < -0.39 is 30.1 Å². The molecule has 128 valence electrons. The first-order valence-corrected chi connectivity index (χ1v) is 7.32. The van der Waals surface area contributed by atoms with Gasteiger partial charge in [0.15, 0.2) is 0 Å². The van der Waals surface area contributed by atoms with E-state index in [0.717, 1.165) is 4.90 Å². The van der Waals surface area contributed by atoms with Gasteiger partial charge in [-0.3, -0.25) is 4.39 Å². The van der Waals surface area contributed by atoms with Gasteiger partial charge in [0, 0.05) is 0 Å². The SMILES string of the molecule is C=C(CCCF)CN(C(=O)OC(C)(C)C)C(=O)OC(C)(C)C. The van der Waals surface area contributed by atoms with Gasteiger partial charge in [-0.1, -0.05) is 12.2 Å². The Bertz CT molecular complexity index is 379. The highest BCUT2D eigenvalue weighted by Gasteiger charge is 2.31. The molecule has 0 aliphatic heterocycles. The molecule has 0 fully saturated rings. The van der Waals surface area contributed by atoms with Gasteiger partial charge in [0.05, 0.1) is 13.2 Å². The van der Waals surface area contributed by atoms with Crippen LogP contribution < -0.4 is 0 Å². The van der Waals surface area contributed by atoms with E-state index in [0.29, 0.717) is 18.4 Å². The van der Waals surface area contributed by atoms with Crippen molar-refractivity contribution in [2.45, 2.75) is 65.6 Å². The van der Waals surface area contributed by atoms with Crippen molar-refractivity contribution in [3.63, 3.8) is 0 Å². The number of ether oxygens (including phenoxy) is 2. The summed E-state index contributed by atoms with van der Waals surface area (Å²) in [6.07, 6.45) is -0.917. The Hall–Kier alpha value is -1.59. The zero-order valence-corrected chi connectivity index (χ0v) is 14.5. The molecule has 0 N–H and O–H groups in total. The number of hydrogen-bond acceptors (Lipinski definition) is 4. The summed E-state index contributed by atoms with van der Waals surface area (Å²) in [6, 6.07) is 0. The Balaban J connectivity index is 5.02. The van der Waals surface area contributed by atoms with E-state index in [1.165, 1.54) is 0 Å². The second-order valence-corrected chi connectivity index (χ2v) is 7.09. The van der Waals surface area contributed by atoms with Crippen LogP contribution in [0.4, 0.5) is 14.0 Å². The summed E-state index contributed by atoms with van der Waals surface area (Å²) in [4.78, 5) is 25.2. The quantitative estimate of drug-likeness (QED) is 0.702. The number of amides is 2. The third-order valence-electron chi connectivity index (χ3n) is 2.27. The molecule has 0 radical (unpaired) electrons. The van der Waals surface area contributed by atoms with Crippen LogP contribution in [0.5, 0.6) is 0 Å². The monoisotopic (exact) mass is 317 g/mol. The van der Waals surface area contributed by atoms with Crippen molar-refractivity contribution < 1.29 is 23.5 Å². The van der Waals surface area contributed by atoms with Crippen LogP contribution in [0.2, 0.25) is 0 Å². The topological polar surface area (TPSA) is 55.8 Å². The fourth-order valence-electron chi connectivity index (χ4n) is 1.46. The number of alkyl halides is 1. The van der Waals surface area contributed by atoms with E-state index >= 15 is 0 Å². The van der Waals surface area contributed by atoms with E-state index in [-0.39, 0.29) is 6.54 Å². The number of rotatable bonds is 5. The Kier molecular flexibility index (Phi) is 7.56. The van der Waals surface area contributed by atoms with Crippen molar-refractivity contribution in [2.24, 2.45) is 0 Å². The Morgan fingerprint density at radius 3 is 1.73 bits per heavy atom. The number of halogens is 1. The lowest BCUT2D eigenvalue weighted by atomic mass is 10.1. The van der Waals surface area contributed by atoms with Crippen molar-refractivity contribution in [2.75, 3.05) is 13.2 Å². The van der Waals surface area contributed by atoms with E-state index in [4.69, 9.17) is 9.47 Å². The Morgan fingerprint density at radius 2 is 1.41 bits per heavy atom. The third-order valence-corrected chi connectivity index (χ3v) is 2.27. The molecule has 6 heteroatoms. The molecule has 0 bridgehead atoms. The van der Waals surface area contributed by atoms with Crippen molar-refractivity contribution in [1.29, 1.82) is 0 Å². The first kappa shape index (κ1) is 20.4. The molecule has 0 heterocycles. The predicted molar refractivity (Wildman–Crippen MR) is 83.5 cm³/mol. The smallest absolute Gasteiger partial charge is 0.420 e. The number of hydrogen-bond donors (Lipinski definition) is 0. The Morgan fingerprint density at radius 1 is 1.00 bits per heavy atom. The van der Waals surface area contributed by atoms with E-state index in [9.17, 15) is 14.0 Å². The van der Waals surface area contributed by atoms with Crippen LogP contribution in [0.15, 0.2) is 12.2 Å². The number of nitrogens with zero attached hydrogens (tertiary/aromatic N) is 1. The molecule has 0 unspecified atom stereocenters. The van der Waals surface area contributed by atoms with Gasteiger partial charge in [-0.2, -0.15) is 0 Å². The number of imide groups is 1. The fraction of sp³-hybridized carbons (Fsp3) is 0.750. The zero-order valence-electron chi connectivity index (χ0n) is 14.5. The molecule has 0 saturated heterocycles. The largest absolute Gasteiger partial charge is 0.443 e. The van der Waals surface area contributed by atoms with E-state index in [1.807, 2.05) is 0 Å². The molecule has 22 heavy (non-hydrogen) atoms. The summed E-state index contributed by atoms with van der Waals surface area (Å²) >= 11 is 0. The van der Waals surface area contributed by atoms with Gasteiger partial charge in [0.25, 0.3) is 0 Å². The standard InChI is InChI=1S/C16H28FNO4/c1-12(9-8-10-17)11-18(13(19)21-15(2,3)4)14(20)22-16(5,6)7/h1,8-11H2,2-7H3. The second-order valence-electron chi connectivity index (χ2n) is 7.09. The van der Waals surface area contributed by atoms with Crippen molar-refractivity contribution >= 4 is 12.2 Å². The number of carbonyl (C=O) groups excluding carboxylic acids is 2. The summed E-state index contributed by atoms with van der Waals surface area (Å²) in [7, 11) is 0. The van der Waals surface area contributed by atoms with Crippen LogP contribution in [0.1, 0.15) is 54.4 Å². The molecule has 0 rings (SSSR count). The lowest BCUT2D eigenvalue weighted by Gasteiger charge is -2.29. The Labute approximate surface area is 132 Å². The van der Waals surface area contributed by atoms with Gasteiger partial charge in [-0.05, 0) is 54.4 Å². The first-order valence-electron chi connectivity index (χ1n) is 7.32. The average molecular weight is 317 g/mol. The maximum Gasteiger partial charge on any atom is 0.420 e. The highest BCUT2D eigenvalue weighted by molar-refractivity contribution is 5.88. The lowest BCUT2D eigenvalue weighted by molar-refractivity contribution is 0.00312. The van der Waals surface area contributed by atoms with E-state index in [2.05, 4.69) is 6.58 Å². The summed E-state index contributed by atoms with van der Waals surface area (Å²) in [5.74, 6) is 0. The summed E-state index contributed by atoms with van der Waals surface area (Å²) < 4.78 is 22.6. The summed E-state index contributed by atoms with van der Waals surface area (Å²) in [6.45, 7) is 13.5. The lowest BCUT2D eigenvalue weighted by Crippen LogP contribution is -2.44. The summed E-state index contributed by atoms with van der Waals surface area (Å²) in [5.41, 5.74) is -0.913. The number of carbonyl (C=O) groups is 2. The predicted octanol–water partition coefficient (Wildman–Crippen LogP) is 4.46. The van der Waals surface area contributed by atoms with Crippen molar-refractivity contribution in [1.82, 2.24) is 4.90 Å². The van der Waals surface area contributed by atoms with Crippen molar-refractivity contribution in [3.8, 4) is 0 Å². The molecular formula is C16H28FNO4. The van der Waals surface area contributed by atoms with Gasteiger partial charge in [0.1, 0.15) is 11.2 Å². The van der Waals surface area contributed by atoms with Gasteiger partial charge in [0.2, 0.25) is 0 Å². The van der Waals surface area contributed by atoms with Crippen molar-refractivity contribution in [3.05, 3.63) is 12.2 Å². The maximum absolute atomic E-state index is 12.2. The van der Waals surface area contributed by atoms with Crippen LogP contribution in [0.25, 0.3) is 0 Å². The highest BCUT2D eigenvalue weighted by Crippen LogP contribution is 2.16. The minimum atomic E-state index is -0.803. The normalized spacial score (nSPS) is 11.8. The van der Waals surface area contributed by atoms with Gasteiger partial charge >= 0.3 is 12.2 Å². The molecule has 0 atom stereocenters. The van der Waals surface area contributed by atoms with Gasteiger partial charge in [-0.25, -0.2) is 14.5 Å². The second kappa shape index (κ2) is 8.15. The maximum atomic E-state index is 12.2. The van der Waals surface area contributed by atoms with Gasteiger partial charge < -0.3 is 9.47 Å². The molecule has 5 nitrogen and oxygen atoms in total. The third kappa shape index (κ3) is 9.37. The zero-order chi connectivity index (χ0) is 17.6. The first-order chi connectivity index (χ1) is 9.85. The molecule has 0 spiro atoms. The molecule has 0 aromatic rings. The molecular weight excluding hydrogens is 289 g/mol. The van der Waals surface area contributed by atoms with Gasteiger partial charge in [-0.15, -0.1) is 0 Å². The minimum Gasteiger partial charge on any atom is -0.443 e.